The summed E-state index contributed by atoms with van der Waals surface area (Å²) in [5.74, 6) is 1.10. The first-order valence-corrected chi connectivity index (χ1v) is 8.34. The van der Waals surface area contributed by atoms with Gasteiger partial charge in [0.1, 0.15) is 17.8 Å². The van der Waals surface area contributed by atoms with Crippen LogP contribution in [0.25, 0.3) is 17.3 Å². The molecule has 0 spiro atoms. The molecule has 2 aliphatic rings. The van der Waals surface area contributed by atoms with Gasteiger partial charge in [0.15, 0.2) is 17.8 Å². The summed E-state index contributed by atoms with van der Waals surface area (Å²) in [5, 5.41) is 26.4. The zero-order chi connectivity index (χ0) is 18.1. The molecule has 1 aromatic carbocycles. The molecule has 0 bridgehead atoms. The van der Waals surface area contributed by atoms with Crippen LogP contribution in [-0.4, -0.2) is 25.0 Å². The highest BCUT2D eigenvalue weighted by Crippen LogP contribution is 2.33. The van der Waals surface area contributed by atoms with E-state index in [4.69, 9.17) is 21.7 Å². The van der Waals surface area contributed by atoms with Crippen molar-refractivity contribution in [1.82, 2.24) is 14.8 Å². The lowest BCUT2D eigenvalue weighted by molar-refractivity contribution is 0.267. The first-order valence-electron chi connectivity index (χ1n) is 7.93. The molecule has 0 fully saturated rings. The van der Waals surface area contributed by atoms with Crippen LogP contribution in [0.1, 0.15) is 12.8 Å². The lowest BCUT2D eigenvalue weighted by Crippen LogP contribution is -2.08. The Morgan fingerprint density at radius 2 is 2.08 bits per heavy atom. The van der Waals surface area contributed by atoms with Gasteiger partial charge in [-0.15, -0.1) is 0 Å². The van der Waals surface area contributed by atoms with Gasteiger partial charge in [-0.05, 0) is 42.8 Å². The standard InChI is InChI=1S/C18H15N3O4S/c22-12-6-7-13(14(23)8-12)17-19-20-18(26)21(17)16-10-24-15(9-25-16)11-4-2-1-3-5-11/h1-2,4,6-10,22-23H,3,5H2,(H,20,26). The quantitative estimate of drug-likeness (QED) is 0.710. The Morgan fingerprint density at radius 1 is 1.19 bits per heavy atom. The minimum absolute atomic E-state index is 0.0502. The Hall–Kier alpha value is -3.26. The van der Waals surface area contributed by atoms with E-state index in [2.05, 4.69) is 16.3 Å². The van der Waals surface area contributed by atoms with Crippen LogP contribution in [-0.2, 0) is 9.47 Å². The molecule has 0 radical (unpaired) electrons. The number of benzene rings is 1. The topological polar surface area (TPSA) is 92.5 Å². The number of nitrogens with zero attached hydrogens (tertiary/aromatic N) is 2. The molecule has 0 unspecified atom stereocenters. The van der Waals surface area contributed by atoms with E-state index in [9.17, 15) is 10.2 Å². The fraction of sp³-hybridized carbons (Fsp3) is 0.111. The molecule has 1 aliphatic carbocycles. The molecule has 2 heterocycles. The summed E-state index contributed by atoms with van der Waals surface area (Å²) in [7, 11) is 0. The highest BCUT2D eigenvalue weighted by atomic mass is 32.1. The number of phenolic OH excluding ortho intramolecular Hbond substituents is 2. The minimum Gasteiger partial charge on any atom is -0.508 e. The van der Waals surface area contributed by atoms with Crippen LogP contribution in [0, 0.1) is 4.77 Å². The van der Waals surface area contributed by atoms with E-state index in [1.54, 1.807) is 0 Å². The molecular weight excluding hydrogens is 354 g/mol. The third-order valence-corrected chi connectivity index (χ3v) is 4.29. The summed E-state index contributed by atoms with van der Waals surface area (Å²) in [4.78, 5) is 0. The van der Waals surface area contributed by atoms with Crippen molar-refractivity contribution in [2.24, 2.45) is 0 Å². The molecule has 26 heavy (non-hydrogen) atoms. The molecule has 8 heteroatoms. The Balaban J connectivity index is 1.67. The average Bonchev–Trinajstić information content (AvgIpc) is 3.04. The summed E-state index contributed by atoms with van der Waals surface area (Å²) in [5.41, 5.74) is 1.43. The Labute approximate surface area is 153 Å². The van der Waals surface area contributed by atoms with Crippen molar-refractivity contribution in [2.45, 2.75) is 12.8 Å². The zero-order valence-corrected chi connectivity index (χ0v) is 14.4. The van der Waals surface area contributed by atoms with Crippen LogP contribution < -0.4 is 0 Å². The average molecular weight is 369 g/mol. The molecule has 0 amide bonds. The predicted molar refractivity (Wildman–Crippen MR) is 97.2 cm³/mol. The number of allylic oxidation sites excluding steroid dienone is 4. The Morgan fingerprint density at radius 3 is 2.77 bits per heavy atom. The molecule has 1 aliphatic heterocycles. The highest BCUT2D eigenvalue weighted by Gasteiger charge is 2.20. The van der Waals surface area contributed by atoms with Crippen LogP contribution in [0.5, 0.6) is 11.5 Å². The number of aromatic hydroxyl groups is 2. The van der Waals surface area contributed by atoms with Crippen molar-refractivity contribution in [3.05, 3.63) is 65.1 Å². The highest BCUT2D eigenvalue weighted by molar-refractivity contribution is 7.71. The minimum atomic E-state index is -0.132. The van der Waals surface area contributed by atoms with Crippen LogP contribution in [0.4, 0.5) is 0 Å². The van der Waals surface area contributed by atoms with E-state index >= 15 is 0 Å². The van der Waals surface area contributed by atoms with E-state index in [0.717, 1.165) is 18.4 Å². The third kappa shape index (κ3) is 2.91. The lowest BCUT2D eigenvalue weighted by atomic mass is 10.0. The maximum Gasteiger partial charge on any atom is 0.243 e. The van der Waals surface area contributed by atoms with E-state index in [1.807, 2.05) is 12.2 Å². The van der Waals surface area contributed by atoms with Crippen LogP contribution in [0.15, 0.2) is 60.3 Å². The van der Waals surface area contributed by atoms with Crippen molar-refractivity contribution in [1.29, 1.82) is 0 Å². The van der Waals surface area contributed by atoms with E-state index < -0.39 is 0 Å². The first kappa shape index (κ1) is 16.2. The molecule has 2 aromatic rings. The smallest absolute Gasteiger partial charge is 0.243 e. The fourth-order valence-electron chi connectivity index (χ4n) is 2.74. The second-order valence-corrected chi connectivity index (χ2v) is 6.11. The summed E-state index contributed by atoms with van der Waals surface area (Å²) in [6.45, 7) is 0. The normalized spacial score (nSPS) is 16.2. The van der Waals surface area contributed by atoms with Gasteiger partial charge < -0.3 is 19.7 Å². The maximum atomic E-state index is 10.1. The zero-order valence-electron chi connectivity index (χ0n) is 13.5. The number of ether oxygens (including phenoxy) is 2. The molecular formula is C18H15N3O4S. The summed E-state index contributed by atoms with van der Waals surface area (Å²) in [6.07, 6.45) is 10.9. The van der Waals surface area contributed by atoms with Crippen molar-refractivity contribution in [3.63, 3.8) is 0 Å². The van der Waals surface area contributed by atoms with Crippen LogP contribution >= 0.6 is 12.2 Å². The second-order valence-electron chi connectivity index (χ2n) is 5.72. The van der Waals surface area contributed by atoms with Crippen molar-refractivity contribution in [3.8, 4) is 22.9 Å². The van der Waals surface area contributed by atoms with Crippen LogP contribution in [0.3, 0.4) is 0 Å². The number of rotatable bonds is 3. The number of aromatic amines is 1. The van der Waals surface area contributed by atoms with Crippen molar-refractivity contribution in [2.75, 3.05) is 0 Å². The second kappa shape index (κ2) is 6.57. The molecule has 0 saturated heterocycles. The number of hydrogen-bond donors (Lipinski definition) is 3. The van der Waals surface area contributed by atoms with Gasteiger partial charge in [-0.2, -0.15) is 5.10 Å². The molecule has 3 N–H and O–H groups in total. The largest absolute Gasteiger partial charge is 0.508 e. The molecule has 4 rings (SSSR count). The molecule has 1 aromatic heterocycles. The molecule has 132 valence electrons. The Kier molecular flexibility index (Phi) is 4.10. The van der Waals surface area contributed by atoms with Gasteiger partial charge in [-0.25, -0.2) is 4.57 Å². The van der Waals surface area contributed by atoms with Gasteiger partial charge in [0.2, 0.25) is 10.7 Å². The number of phenols is 2. The van der Waals surface area contributed by atoms with Crippen LogP contribution in [0.2, 0.25) is 0 Å². The first-order chi connectivity index (χ1) is 12.6. The molecule has 0 saturated carbocycles. The monoisotopic (exact) mass is 369 g/mol. The van der Waals surface area contributed by atoms with Gasteiger partial charge in [-0.3, -0.25) is 5.10 Å². The van der Waals surface area contributed by atoms with Gasteiger partial charge in [-0.1, -0.05) is 18.2 Å². The van der Waals surface area contributed by atoms with Gasteiger partial charge in [0.25, 0.3) is 0 Å². The SMILES string of the molecule is Oc1ccc(-c2n[nH]c(=S)n2C2=COC(C3=CC=CCC3)=CO2)c(O)c1. The summed E-state index contributed by atoms with van der Waals surface area (Å²) < 4.78 is 13.2. The lowest BCUT2D eigenvalue weighted by Gasteiger charge is -2.19. The molecule has 0 atom stereocenters. The number of aromatic nitrogens is 3. The fourth-order valence-corrected chi connectivity index (χ4v) is 2.96. The van der Waals surface area contributed by atoms with E-state index in [-0.39, 0.29) is 16.3 Å². The third-order valence-electron chi connectivity index (χ3n) is 4.02. The number of hydrogen-bond acceptors (Lipinski definition) is 6. The summed E-state index contributed by atoms with van der Waals surface area (Å²) >= 11 is 5.27. The summed E-state index contributed by atoms with van der Waals surface area (Å²) in [6, 6.07) is 4.21. The van der Waals surface area contributed by atoms with E-state index in [0.29, 0.717) is 23.0 Å². The van der Waals surface area contributed by atoms with Crippen molar-refractivity contribution < 1.29 is 19.7 Å². The van der Waals surface area contributed by atoms with E-state index in [1.165, 1.54) is 35.3 Å². The van der Waals surface area contributed by atoms with Gasteiger partial charge in [0, 0.05) is 6.07 Å². The van der Waals surface area contributed by atoms with Gasteiger partial charge in [0.05, 0.1) is 5.56 Å². The Bertz CT molecular complexity index is 1040. The number of nitrogens with one attached hydrogen (secondary N) is 1. The van der Waals surface area contributed by atoms with Gasteiger partial charge >= 0.3 is 0 Å². The predicted octanol–water partition coefficient (Wildman–Crippen LogP) is 3.94. The molecule has 7 nitrogen and oxygen atoms in total. The van der Waals surface area contributed by atoms with Crippen molar-refractivity contribution >= 4 is 18.1 Å². The number of H-pyrrole nitrogens is 1. The maximum absolute atomic E-state index is 10.1.